The SMILES string of the molecule is NCCC(=O)O.NCCS. The number of rotatable bonds is 3. The number of hydrogen-bond acceptors (Lipinski definition) is 4. The van der Waals surface area contributed by atoms with Crippen molar-refractivity contribution in [2.45, 2.75) is 6.42 Å². The third-order valence-electron chi connectivity index (χ3n) is 0.487. The van der Waals surface area contributed by atoms with Crippen molar-refractivity contribution in [3.63, 3.8) is 0 Å². The zero-order valence-electron chi connectivity index (χ0n) is 5.79. The molecule has 10 heavy (non-hydrogen) atoms. The minimum Gasteiger partial charge on any atom is -0.481 e. The molecule has 0 bridgehead atoms. The van der Waals surface area contributed by atoms with E-state index in [9.17, 15) is 4.79 Å². The lowest BCUT2D eigenvalue weighted by atomic mass is 10.5. The lowest BCUT2D eigenvalue weighted by Crippen LogP contribution is -2.05. The second-order valence-electron chi connectivity index (χ2n) is 1.44. The standard InChI is InChI=1S/C3H7NO2.C2H7NS/c4-2-1-3(5)6;3-1-2-4/h1-2,4H2,(H,5,6);4H,1-3H2. The maximum absolute atomic E-state index is 9.52. The fourth-order valence-electron chi connectivity index (χ4n) is 0.123. The molecule has 4 nitrogen and oxygen atoms in total. The lowest BCUT2D eigenvalue weighted by Gasteiger charge is -1.80. The van der Waals surface area contributed by atoms with E-state index in [0.29, 0.717) is 6.54 Å². The second-order valence-corrected chi connectivity index (χ2v) is 1.89. The predicted molar refractivity (Wildman–Crippen MR) is 44.2 cm³/mol. The van der Waals surface area contributed by atoms with Crippen LogP contribution in [-0.2, 0) is 4.79 Å². The van der Waals surface area contributed by atoms with Crippen LogP contribution in [0.3, 0.4) is 0 Å². The maximum Gasteiger partial charge on any atom is 0.304 e. The molecule has 0 aliphatic carbocycles. The summed E-state index contributed by atoms with van der Waals surface area (Å²) >= 11 is 3.80. The third kappa shape index (κ3) is 25.1. The Morgan fingerprint density at radius 2 is 1.80 bits per heavy atom. The van der Waals surface area contributed by atoms with Crippen molar-refractivity contribution >= 4 is 18.6 Å². The number of hydrogen-bond donors (Lipinski definition) is 4. The summed E-state index contributed by atoms with van der Waals surface area (Å²) in [7, 11) is 0. The van der Waals surface area contributed by atoms with Crippen LogP contribution in [0.2, 0.25) is 0 Å². The molecular weight excluding hydrogens is 152 g/mol. The van der Waals surface area contributed by atoms with Gasteiger partial charge in [-0.05, 0) is 0 Å². The number of aliphatic carboxylic acids is 1. The van der Waals surface area contributed by atoms with Gasteiger partial charge in [-0.3, -0.25) is 4.79 Å². The van der Waals surface area contributed by atoms with Crippen LogP contribution < -0.4 is 11.5 Å². The maximum atomic E-state index is 9.52. The van der Waals surface area contributed by atoms with Crippen LogP contribution in [-0.4, -0.2) is 29.9 Å². The van der Waals surface area contributed by atoms with Crippen LogP contribution >= 0.6 is 12.6 Å². The van der Waals surface area contributed by atoms with Gasteiger partial charge in [0.1, 0.15) is 0 Å². The van der Waals surface area contributed by atoms with Crippen molar-refractivity contribution in [2.75, 3.05) is 18.8 Å². The minimum absolute atomic E-state index is 0.0694. The van der Waals surface area contributed by atoms with Crippen molar-refractivity contribution in [3.8, 4) is 0 Å². The zero-order valence-corrected chi connectivity index (χ0v) is 6.68. The Bertz CT molecular complexity index is 78.0. The lowest BCUT2D eigenvalue weighted by molar-refractivity contribution is -0.136. The summed E-state index contributed by atoms with van der Waals surface area (Å²) in [5.41, 5.74) is 9.80. The van der Waals surface area contributed by atoms with Gasteiger partial charge in [0, 0.05) is 18.8 Å². The fourth-order valence-corrected chi connectivity index (χ4v) is 0.123. The third-order valence-corrected chi connectivity index (χ3v) is 0.746. The van der Waals surface area contributed by atoms with Gasteiger partial charge in [-0.25, -0.2) is 0 Å². The van der Waals surface area contributed by atoms with E-state index < -0.39 is 5.97 Å². The Morgan fingerprint density at radius 1 is 1.40 bits per heavy atom. The van der Waals surface area contributed by atoms with Crippen molar-refractivity contribution in [2.24, 2.45) is 11.5 Å². The van der Waals surface area contributed by atoms with Gasteiger partial charge in [0.05, 0.1) is 6.42 Å². The first-order valence-corrected chi connectivity index (χ1v) is 3.55. The average molecular weight is 166 g/mol. The molecule has 0 aromatic rings. The molecule has 0 radical (unpaired) electrons. The number of carbonyl (C=O) groups is 1. The first kappa shape index (κ1) is 12.4. The zero-order chi connectivity index (χ0) is 8.41. The van der Waals surface area contributed by atoms with Crippen molar-refractivity contribution < 1.29 is 9.90 Å². The highest BCUT2D eigenvalue weighted by molar-refractivity contribution is 7.80. The van der Waals surface area contributed by atoms with Crippen LogP contribution in [0.5, 0.6) is 0 Å². The van der Waals surface area contributed by atoms with Gasteiger partial charge in [0.25, 0.3) is 0 Å². The van der Waals surface area contributed by atoms with E-state index in [1.165, 1.54) is 0 Å². The topological polar surface area (TPSA) is 89.3 Å². The highest BCUT2D eigenvalue weighted by atomic mass is 32.1. The number of nitrogens with two attached hydrogens (primary N) is 2. The summed E-state index contributed by atoms with van der Waals surface area (Å²) < 4.78 is 0. The summed E-state index contributed by atoms with van der Waals surface area (Å²) in [6.07, 6.45) is 0.0694. The Morgan fingerprint density at radius 3 is 1.80 bits per heavy atom. The molecule has 0 unspecified atom stereocenters. The van der Waals surface area contributed by atoms with Crippen molar-refractivity contribution in [3.05, 3.63) is 0 Å². The van der Waals surface area contributed by atoms with Gasteiger partial charge in [0.2, 0.25) is 0 Å². The highest BCUT2D eigenvalue weighted by Crippen LogP contribution is 1.67. The molecule has 0 heterocycles. The fraction of sp³-hybridized carbons (Fsp3) is 0.800. The summed E-state index contributed by atoms with van der Waals surface area (Å²) in [4.78, 5) is 9.52. The number of carboxylic acid groups (broad SMARTS) is 1. The second kappa shape index (κ2) is 11.5. The van der Waals surface area contributed by atoms with E-state index in [4.69, 9.17) is 16.6 Å². The van der Waals surface area contributed by atoms with Gasteiger partial charge in [-0.1, -0.05) is 0 Å². The quantitative estimate of drug-likeness (QED) is 0.417. The van der Waals surface area contributed by atoms with Crippen molar-refractivity contribution in [1.82, 2.24) is 0 Å². The molecule has 0 saturated carbocycles. The summed E-state index contributed by atoms with van der Waals surface area (Å²) in [5.74, 6) is -0.0440. The summed E-state index contributed by atoms with van der Waals surface area (Å²) in [6, 6.07) is 0. The monoisotopic (exact) mass is 166 g/mol. The van der Waals surface area contributed by atoms with Gasteiger partial charge in [-0.2, -0.15) is 12.6 Å². The van der Waals surface area contributed by atoms with Crippen LogP contribution in [0.15, 0.2) is 0 Å². The molecule has 0 rings (SSSR count). The molecule has 5 heteroatoms. The number of thiol groups is 1. The van der Waals surface area contributed by atoms with Crippen LogP contribution in [0.4, 0.5) is 0 Å². The van der Waals surface area contributed by atoms with Gasteiger partial charge < -0.3 is 16.6 Å². The van der Waals surface area contributed by atoms with E-state index in [1.54, 1.807) is 0 Å². The molecule has 0 aromatic carbocycles. The predicted octanol–water partition coefficient (Wildman–Crippen LogP) is -0.705. The first-order chi connectivity index (χ1) is 4.68. The van der Waals surface area contributed by atoms with Crippen LogP contribution in [0.1, 0.15) is 6.42 Å². The minimum atomic E-state index is -0.836. The smallest absolute Gasteiger partial charge is 0.304 e. The molecule has 0 aromatic heterocycles. The molecule has 0 fully saturated rings. The van der Waals surface area contributed by atoms with Gasteiger partial charge in [0.15, 0.2) is 0 Å². The average Bonchev–Trinajstić information content (AvgIpc) is 1.89. The molecule has 0 saturated heterocycles. The van der Waals surface area contributed by atoms with Crippen LogP contribution in [0.25, 0.3) is 0 Å². The summed E-state index contributed by atoms with van der Waals surface area (Å²) in [6.45, 7) is 0.915. The van der Waals surface area contributed by atoms with E-state index in [-0.39, 0.29) is 13.0 Å². The van der Waals surface area contributed by atoms with E-state index in [0.717, 1.165) is 5.75 Å². The molecule has 0 aliphatic heterocycles. The molecule has 0 aliphatic rings. The van der Waals surface area contributed by atoms with E-state index >= 15 is 0 Å². The van der Waals surface area contributed by atoms with E-state index in [2.05, 4.69) is 12.6 Å². The van der Waals surface area contributed by atoms with Gasteiger partial charge in [-0.15, -0.1) is 0 Å². The first-order valence-electron chi connectivity index (χ1n) is 2.91. The molecule has 0 atom stereocenters. The molecule has 62 valence electrons. The Labute approximate surface area is 66.0 Å². The van der Waals surface area contributed by atoms with E-state index in [1.807, 2.05) is 0 Å². The molecule has 0 spiro atoms. The Balaban J connectivity index is 0. The summed E-state index contributed by atoms with van der Waals surface area (Å²) in [5, 5.41) is 7.83. The normalized spacial score (nSPS) is 7.90. The Hall–Kier alpha value is -0.260. The van der Waals surface area contributed by atoms with Crippen LogP contribution in [0, 0.1) is 0 Å². The van der Waals surface area contributed by atoms with Crippen molar-refractivity contribution in [1.29, 1.82) is 0 Å². The number of carboxylic acids is 1. The molecular formula is C5H14N2O2S. The van der Waals surface area contributed by atoms with Gasteiger partial charge >= 0.3 is 5.97 Å². The largest absolute Gasteiger partial charge is 0.481 e. The molecule has 0 amide bonds. The highest BCUT2D eigenvalue weighted by Gasteiger charge is 1.87. The molecule has 5 N–H and O–H groups in total. The Kier molecular flexibility index (Phi) is 14.3.